The fourth-order valence-corrected chi connectivity index (χ4v) is 2.48. The molecule has 5 heteroatoms. The van der Waals surface area contributed by atoms with E-state index in [9.17, 15) is 4.79 Å². The molecule has 3 N–H and O–H groups in total. The lowest BCUT2D eigenvalue weighted by Gasteiger charge is -2.12. The number of nitrogens with zero attached hydrogens (tertiary/aromatic N) is 1. The zero-order chi connectivity index (χ0) is 15.9. The van der Waals surface area contributed by atoms with Crippen LogP contribution >= 0.6 is 0 Å². The highest BCUT2D eigenvalue weighted by Gasteiger charge is 2.07. The average Bonchev–Trinajstić information content (AvgIpc) is 2.88. The first kappa shape index (κ1) is 16.4. The molecule has 0 spiro atoms. The minimum absolute atomic E-state index is 0.149. The number of aryl methyl sites for hydroxylation is 1. The van der Waals surface area contributed by atoms with E-state index < -0.39 is 0 Å². The van der Waals surface area contributed by atoms with E-state index in [4.69, 9.17) is 5.11 Å². The Morgan fingerprint density at radius 2 is 2.18 bits per heavy atom. The molecule has 2 aromatic rings. The Bertz CT molecular complexity index is 621. The van der Waals surface area contributed by atoms with E-state index in [0.29, 0.717) is 13.0 Å². The Labute approximate surface area is 131 Å². The zero-order valence-electron chi connectivity index (χ0n) is 13.3. The highest BCUT2D eigenvalue weighted by atomic mass is 16.3. The first-order valence-electron chi connectivity index (χ1n) is 7.88. The molecular formula is C17H25N3O2. The summed E-state index contributed by atoms with van der Waals surface area (Å²) in [6.07, 6.45) is 3.87. The van der Waals surface area contributed by atoms with Crippen LogP contribution in [-0.4, -0.2) is 28.9 Å². The van der Waals surface area contributed by atoms with Crippen LogP contribution in [0.5, 0.6) is 0 Å². The first-order chi connectivity index (χ1) is 10.6. The van der Waals surface area contributed by atoms with Crippen LogP contribution in [0.3, 0.4) is 0 Å². The molecule has 120 valence electrons. The van der Waals surface area contributed by atoms with Crippen molar-refractivity contribution in [2.24, 2.45) is 5.92 Å². The van der Waals surface area contributed by atoms with Crippen LogP contribution in [-0.2, 0) is 6.54 Å². The predicted molar refractivity (Wildman–Crippen MR) is 90.1 cm³/mol. The van der Waals surface area contributed by atoms with Crippen molar-refractivity contribution in [3.8, 4) is 0 Å². The summed E-state index contributed by atoms with van der Waals surface area (Å²) in [7, 11) is 0. The van der Waals surface area contributed by atoms with Crippen LogP contribution < -0.4 is 10.6 Å². The Hall–Kier alpha value is -2.01. The van der Waals surface area contributed by atoms with Gasteiger partial charge in [-0.15, -0.1) is 0 Å². The normalized spacial score (nSPS) is 12.3. The summed E-state index contributed by atoms with van der Waals surface area (Å²) in [6.45, 7) is 5.86. The second-order valence-corrected chi connectivity index (χ2v) is 5.74. The molecule has 1 aromatic carbocycles. The molecule has 0 unspecified atom stereocenters. The van der Waals surface area contributed by atoms with Crippen molar-refractivity contribution >= 4 is 22.6 Å². The number of amides is 2. The third-order valence-electron chi connectivity index (χ3n) is 3.73. The lowest BCUT2D eigenvalue weighted by Crippen LogP contribution is -2.32. The molecule has 1 aromatic heterocycles. The molecule has 22 heavy (non-hydrogen) atoms. The van der Waals surface area contributed by atoms with E-state index in [2.05, 4.69) is 34.4 Å². The van der Waals surface area contributed by atoms with Gasteiger partial charge in [0.05, 0.1) is 0 Å². The van der Waals surface area contributed by atoms with Crippen molar-refractivity contribution < 1.29 is 9.90 Å². The maximum atomic E-state index is 11.9. The molecule has 0 fully saturated rings. The molecule has 0 saturated heterocycles. The Morgan fingerprint density at radius 3 is 2.91 bits per heavy atom. The number of fused-ring (bicyclic) bond motifs is 1. The van der Waals surface area contributed by atoms with Gasteiger partial charge in [-0.25, -0.2) is 4.79 Å². The van der Waals surface area contributed by atoms with E-state index in [-0.39, 0.29) is 18.6 Å². The van der Waals surface area contributed by atoms with E-state index in [0.717, 1.165) is 24.0 Å². The minimum Gasteiger partial charge on any atom is -0.396 e. The number of rotatable bonds is 7. The molecule has 0 radical (unpaired) electrons. The zero-order valence-corrected chi connectivity index (χ0v) is 13.3. The van der Waals surface area contributed by atoms with E-state index in [1.54, 1.807) is 0 Å². The molecule has 5 nitrogen and oxygen atoms in total. The number of aliphatic hydroxyl groups excluding tert-OH is 1. The molecule has 1 atom stereocenters. The molecule has 1 heterocycles. The van der Waals surface area contributed by atoms with Crippen LogP contribution in [0.15, 0.2) is 30.5 Å². The third-order valence-corrected chi connectivity index (χ3v) is 3.73. The van der Waals surface area contributed by atoms with Gasteiger partial charge < -0.3 is 20.3 Å². The lowest BCUT2D eigenvalue weighted by molar-refractivity contribution is 0.243. The molecular weight excluding hydrogens is 278 g/mol. The number of anilines is 1. The van der Waals surface area contributed by atoms with Crippen molar-refractivity contribution in [2.45, 2.75) is 33.2 Å². The fourth-order valence-electron chi connectivity index (χ4n) is 2.48. The van der Waals surface area contributed by atoms with Gasteiger partial charge in [0, 0.05) is 42.5 Å². The van der Waals surface area contributed by atoms with E-state index in [1.165, 1.54) is 5.52 Å². The Morgan fingerprint density at radius 1 is 1.36 bits per heavy atom. The maximum Gasteiger partial charge on any atom is 0.319 e. The van der Waals surface area contributed by atoms with Crippen molar-refractivity contribution in [3.63, 3.8) is 0 Å². The Kier molecular flexibility index (Phi) is 5.83. The summed E-state index contributed by atoms with van der Waals surface area (Å²) in [5, 5.41) is 15.6. The Balaban J connectivity index is 1.95. The quantitative estimate of drug-likeness (QED) is 0.735. The van der Waals surface area contributed by atoms with Crippen molar-refractivity contribution in [2.75, 3.05) is 18.5 Å². The smallest absolute Gasteiger partial charge is 0.319 e. The number of hydrogen-bond donors (Lipinski definition) is 3. The van der Waals surface area contributed by atoms with Crippen molar-refractivity contribution in [1.82, 2.24) is 9.88 Å². The van der Waals surface area contributed by atoms with Gasteiger partial charge in [-0.05, 0) is 43.0 Å². The maximum absolute atomic E-state index is 11.9. The molecule has 0 saturated carbocycles. The van der Waals surface area contributed by atoms with Crippen LogP contribution in [0.2, 0.25) is 0 Å². The highest BCUT2D eigenvalue weighted by Crippen LogP contribution is 2.20. The van der Waals surface area contributed by atoms with Crippen LogP contribution in [0.25, 0.3) is 10.9 Å². The van der Waals surface area contributed by atoms with E-state index >= 15 is 0 Å². The number of carbonyl (C=O) groups is 1. The number of aromatic nitrogens is 1. The lowest BCUT2D eigenvalue weighted by atomic mass is 10.1. The molecule has 0 aliphatic rings. The second kappa shape index (κ2) is 7.84. The van der Waals surface area contributed by atoms with Gasteiger partial charge in [0.2, 0.25) is 0 Å². The summed E-state index contributed by atoms with van der Waals surface area (Å²) in [4.78, 5) is 11.9. The van der Waals surface area contributed by atoms with Gasteiger partial charge >= 0.3 is 6.03 Å². The standard InChI is InChI=1S/C17H25N3O2/c1-3-8-20-9-6-14-11-15(4-5-16(14)20)19-17(22)18-12-13(2)7-10-21/h4-6,9,11,13,21H,3,7-8,10,12H2,1-2H3,(H2,18,19,22)/t13-/m0/s1. The minimum atomic E-state index is -0.211. The third kappa shape index (κ3) is 4.24. The summed E-state index contributed by atoms with van der Waals surface area (Å²) in [6, 6.07) is 7.80. The van der Waals surface area contributed by atoms with Gasteiger partial charge in [0.1, 0.15) is 0 Å². The van der Waals surface area contributed by atoms with E-state index in [1.807, 2.05) is 25.1 Å². The SMILES string of the molecule is CCCn1ccc2cc(NC(=O)NC[C@@H](C)CCO)ccc21. The fraction of sp³-hybridized carbons (Fsp3) is 0.471. The average molecular weight is 303 g/mol. The molecule has 0 aliphatic carbocycles. The van der Waals surface area contributed by atoms with Gasteiger partial charge in [-0.2, -0.15) is 0 Å². The summed E-state index contributed by atoms with van der Waals surface area (Å²) >= 11 is 0. The summed E-state index contributed by atoms with van der Waals surface area (Å²) < 4.78 is 2.22. The van der Waals surface area contributed by atoms with Crippen molar-refractivity contribution in [3.05, 3.63) is 30.5 Å². The monoisotopic (exact) mass is 303 g/mol. The number of aliphatic hydroxyl groups is 1. The summed E-state index contributed by atoms with van der Waals surface area (Å²) in [5.74, 6) is 0.265. The number of carbonyl (C=O) groups excluding carboxylic acids is 1. The summed E-state index contributed by atoms with van der Waals surface area (Å²) in [5.41, 5.74) is 1.97. The van der Waals surface area contributed by atoms with Crippen LogP contribution in [0.1, 0.15) is 26.7 Å². The molecule has 2 amide bonds. The van der Waals surface area contributed by atoms with Gasteiger partial charge in [-0.3, -0.25) is 0 Å². The second-order valence-electron chi connectivity index (χ2n) is 5.74. The number of urea groups is 1. The molecule has 2 rings (SSSR count). The number of nitrogens with one attached hydrogen (secondary N) is 2. The van der Waals surface area contributed by atoms with Crippen LogP contribution in [0, 0.1) is 5.92 Å². The van der Waals surface area contributed by atoms with Gasteiger partial charge in [0.25, 0.3) is 0 Å². The molecule has 0 aliphatic heterocycles. The molecule has 0 bridgehead atoms. The number of benzene rings is 1. The van der Waals surface area contributed by atoms with Crippen molar-refractivity contribution in [1.29, 1.82) is 0 Å². The van der Waals surface area contributed by atoms with Gasteiger partial charge in [0.15, 0.2) is 0 Å². The topological polar surface area (TPSA) is 66.3 Å². The van der Waals surface area contributed by atoms with Gasteiger partial charge in [-0.1, -0.05) is 13.8 Å². The predicted octanol–water partition coefficient (Wildman–Crippen LogP) is 3.19. The van der Waals surface area contributed by atoms with Crippen LogP contribution in [0.4, 0.5) is 10.5 Å². The number of hydrogen-bond acceptors (Lipinski definition) is 2. The highest BCUT2D eigenvalue weighted by molar-refractivity contribution is 5.92. The first-order valence-corrected chi connectivity index (χ1v) is 7.88. The largest absolute Gasteiger partial charge is 0.396 e.